The van der Waals surface area contributed by atoms with Crippen molar-refractivity contribution in [2.45, 2.75) is 19.3 Å². The van der Waals surface area contributed by atoms with Crippen molar-refractivity contribution in [2.24, 2.45) is 5.92 Å². The number of hydrogen-bond acceptors (Lipinski definition) is 4. The third-order valence-electron chi connectivity index (χ3n) is 4.53. The molecule has 0 bridgehead atoms. The third kappa shape index (κ3) is 4.11. The van der Waals surface area contributed by atoms with E-state index in [4.69, 9.17) is 4.74 Å². The van der Waals surface area contributed by atoms with E-state index >= 15 is 0 Å². The van der Waals surface area contributed by atoms with Gasteiger partial charge in [-0.15, -0.1) is 0 Å². The second-order valence-electron chi connectivity index (χ2n) is 6.60. The lowest BCUT2D eigenvalue weighted by molar-refractivity contribution is -0.117. The standard InChI is InChI=1S/C21H18FN3O2/c1-13-10-11-23-21(24-13)27-17-8-6-16(7-9-17)25-20(26)19-12-18(19)14-2-4-15(22)5-3-14/h2-11,18-19H,12H2,1H3,(H,25,26). The SMILES string of the molecule is Cc1ccnc(Oc2ccc(NC(=O)C3CC3c3ccc(F)cc3)cc2)n1. The number of rotatable bonds is 5. The fraction of sp³-hybridized carbons (Fsp3) is 0.190. The summed E-state index contributed by atoms with van der Waals surface area (Å²) in [4.78, 5) is 20.6. The van der Waals surface area contributed by atoms with Gasteiger partial charge in [-0.05, 0) is 67.3 Å². The van der Waals surface area contributed by atoms with Gasteiger partial charge in [0.15, 0.2) is 0 Å². The van der Waals surface area contributed by atoms with Crippen LogP contribution in [-0.4, -0.2) is 15.9 Å². The summed E-state index contributed by atoms with van der Waals surface area (Å²) in [5, 5.41) is 2.92. The lowest BCUT2D eigenvalue weighted by Gasteiger charge is -2.07. The first-order chi connectivity index (χ1) is 13.1. The number of ether oxygens (including phenoxy) is 1. The van der Waals surface area contributed by atoms with Crippen LogP contribution in [0, 0.1) is 18.7 Å². The van der Waals surface area contributed by atoms with E-state index in [0.29, 0.717) is 11.4 Å². The van der Waals surface area contributed by atoms with Crippen LogP contribution in [-0.2, 0) is 4.79 Å². The first kappa shape index (κ1) is 17.1. The van der Waals surface area contributed by atoms with Crippen molar-refractivity contribution in [3.05, 3.63) is 77.9 Å². The van der Waals surface area contributed by atoms with Crippen molar-refractivity contribution in [1.82, 2.24) is 9.97 Å². The van der Waals surface area contributed by atoms with E-state index in [1.54, 1.807) is 48.7 Å². The quantitative estimate of drug-likeness (QED) is 0.727. The van der Waals surface area contributed by atoms with E-state index in [1.165, 1.54) is 12.1 Å². The Morgan fingerprint density at radius 3 is 2.56 bits per heavy atom. The largest absolute Gasteiger partial charge is 0.424 e. The molecule has 1 saturated carbocycles. The van der Waals surface area contributed by atoms with Gasteiger partial charge in [0, 0.05) is 23.5 Å². The van der Waals surface area contributed by atoms with E-state index in [0.717, 1.165) is 17.7 Å². The molecule has 6 heteroatoms. The van der Waals surface area contributed by atoms with Gasteiger partial charge in [0.05, 0.1) is 0 Å². The van der Waals surface area contributed by atoms with E-state index in [1.807, 2.05) is 6.92 Å². The minimum atomic E-state index is -0.265. The number of halogens is 1. The van der Waals surface area contributed by atoms with Gasteiger partial charge in [-0.25, -0.2) is 14.4 Å². The number of carbonyl (C=O) groups is 1. The number of aromatic nitrogens is 2. The molecule has 2 aromatic carbocycles. The lowest BCUT2D eigenvalue weighted by Crippen LogP contribution is -2.14. The Bertz CT molecular complexity index is 958. The van der Waals surface area contributed by atoms with Crippen LogP contribution in [0.4, 0.5) is 10.1 Å². The normalized spacial score (nSPS) is 18.0. The molecule has 0 aliphatic heterocycles. The number of hydrogen-bond donors (Lipinski definition) is 1. The Balaban J connectivity index is 1.34. The predicted octanol–water partition coefficient (Wildman–Crippen LogP) is 4.46. The average Bonchev–Trinajstić information content (AvgIpc) is 3.45. The maximum absolute atomic E-state index is 13.0. The van der Waals surface area contributed by atoms with Gasteiger partial charge >= 0.3 is 6.01 Å². The summed E-state index contributed by atoms with van der Waals surface area (Å²) in [6, 6.07) is 15.5. The molecule has 1 aromatic heterocycles. The number of carbonyl (C=O) groups excluding carboxylic acids is 1. The van der Waals surface area contributed by atoms with Crippen LogP contribution < -0.4 is 10.1 Å². The molecule has 1 fully saturated rings. The summed E-state index contributed by atoms with van der Waals surface area (Å²) in [5.41, 5.74) is 2.52. The van der Waals surface area contributed by atoms with Crippen LogP contribution in [0.2, 0.25) is 0 Å². The van der Waals surface area contributed by atoms with E-state index < -0.39 is 0 Å². The first-order valence-corrected chi connectivity index (χ1v) is 8.72. The maximum atomic E-state index is 13.0. The molecular formula is C21H18FN3O2. The monoisotopic (exact) mass is 363 g/mol. The molecule has 5 nitrogen and oxygen atoms in total. The molecule has 0 saturated heterocycles. The highest BCUT2D eigenvalue weighted by Crippen LogP contribution is 2.48. The Hall–Kier alpha value is -3.28. The third-order valence-corrected chi connectivity index (χ3v) is 4.53. The number of anilines is 1. The van der Waals surface area contributed by atoms with Crippen molar-refractivity contribution in [3.8, 4) is 11.8 Å². The number of amides is 1. The van der Waals surface area contributed by atoms with Crippen LogP contribution >= 0.6 is 0 Å². The minimum Gasteiger partial charge on any atom is -0.424 e. The van der Waals surface area contributed by atoms with Gasteiger partial charge in [-0.2, -0.15) is 0 Å². The van der Waals surface area contributed by atoms with Gasteiger partial charge in [0.1, 0.15) is 11.6 Å². The Kier molecular flexibility index (Phi) is 4.54. The summed E-state index contributed by atoms with van der Waals surface area (Å²) in [7, 11) is 0. The summed E-state index contributed by atoms with van der Waals surface area (Å²) >= 11 is 0. The van der Waals surface area contributed by atoms with Crippen molar-refractivity contribution >= 4 is 11.6 Å². The van der Waals surface area contributed by atoms with Gasteiger partial charge in [-0.1, -0.05) is 12.1 Å². The van der Waals surface area contributed by atoms with Crippen molar-refractivity contribution in [3.63, 3.8) is 0 Å². The van der Waals surface area contributed by atoms with Gasteiger partial charge in [-0.3, -0.25) is 4.79 Å². The zero-order valence-corrected chi connectivity index (χ0v) is 14.7. The first-order valence-electron chi connectivity index (χ1n) is 8.72. The Morgan fingerprint density at radius 2 is 1.85 bits per heavy atom. The molecular weight excluding hydrogens is 345 g/mol. The van der Waals surface area contributed by atoms with Gasteiger partial charge < -0.3 is 10.1 Å². The molecule has 0 spiro atoms. The number of nitrogens with zero attached hydrogens (tertiary/aromatic N) is 2. The summed E-state index contributed by atoms with van der Waals surface area (Å²) < 4.78 is 18.6. The van der Waals surface area contributed by atoms with E-state index in [2.05, 4.69) is 15.3 Å². The van der Waals surface area contributed by atoms with Crippen LogP contribution in [0.15, 0.2) is 60.8 Å². The van der Waals surface area contributed by atoms with Crippen LogP contribution in [0.5, 0.6) is 11.8 Å². The highest BCUT2D eigenvalue weighted by atomic mass is 19.1. The highest BCUT2D eigenvalue weighted by Gasteiger charge is 2.43. The Morgan fingerprint density at radius 1 is 1.11 bits per heavy atom. The fourth-order valence-corrected chi connectivity index (χ4v) is 2.98. The topological polar surface area (TPSA) is 64.1 Å². The van der Waals surface area contributed by atoms with Gasteiger partial charge in [0.2, 0.25) is 5.91 Å². The molecule has 4 rings (SSSR count). The summed E-state index contributed by atoms with van der Waals surface area (Å²) in [5.74, 6) is 0.381. The van der Waals surface area contributed by atoms with Crippen molar-refractivity contribution in [1.29, 1.82) is 0 Å². The maximum Gasteiger partial charge on any atom is 0.322 e. The second kappa shape index (κ2) is 7.15. The molecule has 27 heavy (non-hydrogen) atoms. The predicted molar refractivity (Wildman–Crippen MR) is 99.2 cm³/mol. The molecule has 1 heterocycles. The number of benzene rings is 2. The smallest absolute Gasteiger partial charge is 0.322 e. The molecule has 1 aliphatic carbocycles. The average molecular weight is 363 g/mol. The molecule has 0 radical (unpaired) electrons. The van der Waals surface area contributed by atoms with Crippen LogP contribution in [0.1, 0.15) is 23.6 Å². The fourth-order valence-electron chi connectivity index (χ4n) is 2.98. The van der Waals surface area contributed by atoms with Crippen LogP contribution in [0.25, 0.3) is 0 Å². The summed E-state index contributed by atoms with van der Waals surface area (Å²) in [6.45, 7) is 1.87. The van der Waals surface area contributed by atoms with Gasteiger partial charge in [0.25, 0.3) is 0 Å². The molecule has 136 valence electrons. The van der Waals surface area contributed by atoms with Crippen LogP contribution in [0.3, 0.4) is 0 Å². The van der Waals surface area contributed by atoms with Crippen molar-refractivity contribution < 1.29 is 13.9 Å². The summed E-state index contributed by atoms with van der Waals surface area (Å²) in [6.07, 6.45) is 2.42. The van der Waals surface area contributed by atoms with E-state index in [9.17, 15) is 9.18 Å². The molecule has 3 aromatic rings. The Labute approximate surface area is 156 Å². The minimum absolute atomic E-state index is 0.0278. The molecule has 2 atom stereocenters. The second-order valence-corrected chi connectivity index (χ2v) is 6.60. The molecule has 1 N–H and O–H groups in total. The molecule has 1 amide bonds. The number of nitrogens with one attached hydrogen (secondary N) is 1. The zero-order valence-electron chi connectivity index (χ0n) is 14.7. The lowest BCUT2D eigenvalue weighted by atomic mass is 10.1. The molecule has 2 unspecified atom stereocenters. The highest BCUT2D eigenvalue weighted by molar-refractivity contribution is 5.95. The molecule has 1 aliphatic rings. The van der Waals surface area contributed by atoms with E-state index in [-0.39, 0.29) is 29.6 Å². The zero-order chi connectivity index (χ0) is 18.8. The number of aryl methyl sites for hydroxylation is 1. The van der Waals surface area contributed by atoms with Crippen molar-refractivity contribution in [2.75, 3.05) is 5.32 Å².